The molecule has 2 aromatic carbocycles. The molecular formula is C24H25NO4S. The lowest BCUT2D eigenvalue weighted by molar-refractivity contribution is -0.140. The zero-order valence-electron chi connectivity index (χ0n) is 17.3. The molecule has 0 saturated carbocycles. The van der Waals surface area contributed by atoms with E-state index in [2.05, 4.69) is 6.07 Å². The van der Waals surface area contributed by atoms with E-state index in [0.717, 1.165) is 16.9 Å². The lowest BCUT2D eigenvalue weighted by Gasteiger charge is -2.38. The van der Waals surface area contributed by atoms with Crippen LogP contribution in [0.2, 0.25) is 0 Å². The second-order valence-electron chi connectivity index (χ2n) is 7.18. The third-order valence-corrected chi connectivity index (χ3v) is 6.30. The van der Waals surface area contributed by atoms with Crippen LogP contribution in [0.3, 0.4) is 0 Å². The molecule has 1 aromatic heterocycles. The summed E-state index contributed by atoms with van der Waals surface area (Å²) in [5, 5.41) is 2.04. The number of rotatable bonds is 6. The maximum absolute atomic E-state index is 13.4. The fourth-order valence-electron chi connectivity index (χ4n) is 3.92. The minimum Gasteiger partial charge on any atom is -0.493 e. The van der Waals surface area contributed by atoms with E-state index in [1.54, 1.807) is 25.6 Å². The van der Waals surface area contributed by atoms with E-state index >= 15 is 0 Å². The molecule has 0 aliphatic carbocycles. The van der Waals surface area contributed by atoms with Crippen molar-refractivity contribution < 1.29 is 19.0 Å². The van der Waals surface area contributed by atoms with Gasteiger partial charge in [0.25, 0.3) is 5.91 Å². The molecule has 0 radical (unpaired) electrons. The van der Waals surface area contributed by atoms with Crippen molar-refractivity contribution in [2.24, 2.45) is 0 Å². The number of carbonyl (C=O) groups excluding carboxylic acids is 1. The molecule has 4 rings (SSSR count). The molecule has 156 valence electrons. The Kier molecular flexibility index (Phi) is 5.95. The summed E-state index contributed by atoms with van der Waals surface area (Å²) in [6, 6.07) is 17.4. The molecule has 3 aromatic rings. The monoisotopic (exact) mass is 423 g/mol. The maximum atomic E-state index is 13.4. The van der Waals surface area contributed by atoms with Crippen molar-refractivity contribution in [2.75, 3.05) is 20.8 Å². The minimum atomic E-state index is -0.587. The third kappa shape index (κ3) is 3.87. The van der Waals surface area contributed by atoms with Crippen molar-refractivity contribution in [3.05, 3.63) is 76.0 Å². The van der Waals surface area contributed by atoms with Gasteiger partial charge in [-0.1, -0.05) is 24.3 Å². The van der Waals surface area contributed by atoms with Crippen LogP contribution in [0.5, 0.6) is 17.2 Å². The highest BCUT2D eigenvalue weighted by atomic mass is 32.1. The molecule has 0 fully saturated rings. The predicted molar refractivity (Wildman–Crippen MR) is 118 cm³/mol. The number of fused-ring (bicyclic) bond motifs is 1. The number of hydrogen-bond donors (Lipinski definition) is 0. The van der Waals surface area contributed by atoms with Crippen molar-refractivity contribution >= 4 is 17.2 Å². The number of carbonyl (C=O) groups is 1. The quantitative estimate of drug-likeness (QED) is 0.576. The molecule has 1 aliphatic heterocycles. The Hall–Kier alpha value is -2.99. The fourth-order valence-corrected chi connectivity index (χ4v) is 4.78. The molecule has 2 heterocycles. The number of ether oxygens (including phenoxy) is 3. The predicted octanol–water partition coefficient (Wildman–Crippen LogP) is 4.71. The molecular weight excluding hydrogens is 398 g/mol. The number of thiophene rings is 1. The second kappa shape index (κ2) is 8.79. The van der Waals surface area contributed by atoms with E-state index in [1.165, 1.54) is 5.56 Å². The van der Waals surface area contributed by atoms with E-state index in [0.29, 0.717) is 23.8 Å². The highest BCUT2D eigenvalue weighted by Gasteiger charge is 2.36. The second-order valence-corrected chi connectivity index (χ2v) is 8.16. The maximum Gasteiger partial charge on any atom is 0.264 e. The van der Waals surface area contributed by atoms with Crippen LogP contribution in [0.1, 0.15) is 29.0 Å². The largest absolute Gasteiger partial charge is 0.493 e. The van der Waals surface area contributed by atoms with Crippen LogP contribution in [0, 0.1) is 0 Å². The summed E-state index contributed by atoms with van der Waals surface area (Å²) in [5.41, 5.74) is 2.24. The summed E-state index contributed by atoms with van der Waals surface area (Å²) < 4.78 is 17.0. The van der Waals surface area contributed by atoms with Crippen LogP contribution < -0.4 is 14.2 Å². The molecule has 1 aliphatic rings. The van der Waals surface area contributed by atoms with Crippen LogP contribution in [0.4, 0.5) is 0 Å². The molecule has 2 atom stereocenters. The zero-order valence-corrected chi connectivity index (χ0v) is 18.1. The van der Waals surface area contributed by atoms with Gasteiger partial charge in [-0.25, -0.2) is 0 Å². The Morgan fingerprint density at radius 1 is 1.07 bits per heavy atom. The van der Waals surface area contributed by atoms with Crippen molar-refractivity contribution in [3.8, 4) is 17.2 Å². The van der Waals surface area contributed by atoms with Crippen LogP contribution >= 0.6 is 11.3 Å². The Bertz CT molecular complexity index is 1000. The number of amides is 1. The number of nitrogens with zero attached hydrogens (tertiary/aromatic N) is 1. The van der Waals surface area contributed by atoms with Crippen molar-refractivity contribution in [1.82, 2.24) is 4.90 Å². The normalized spacial score (nSPS) is 16.5. The number of para-hydroxylation sites is 1. The van der Waals surface area contributed by atoms with E-state index in [4.69, 9.17) is 14.2 Å². The Balaban J connectivity index is 1.69. The first kappa shape index (κ1) is 20.3. The number of benzene rings is 2. The van der Waals surface area contributed by atoms with Gasteiger partial charge in [0.15, 0.2) is 17.6 Å². The van der Waals surface area contributed by atoms with E-state index in [9.17, 15) is 4.79 Å². The summed E-state index contributed by atoms with van der Waals surface area (Å²) in [6.45, 7) is 2.43. The summed E-state index contributed by atoms with van der Waals surface area (Å²) >= 11 is 1.65. The van der Waals surface area contributed by atoms with Gasteiger partial charge in [0.05, 0.1) is 20.3 Å². The van der Waals surface area contributed by atoms with Gasteiger partial charge in [-0.05, 0) is 60.2 Å². The van der Waals surface area contributed by atoms with Gasteiger partial charge in [0.1, 0.15) is 5.75 Å². The first-order valence-electron chi connectivity index (χ1n) is 9.92. The lowest BCUT2D eigenvalue weighted by atomic mass is 9.90. The molecule has 5 nitrogen and oxygen atoms in total. The molecule has 0 spiro atoms. The number of hydrogen-bond acceptors (Lipinski definition) is 5. The average Bonchev–Trinajstić information content (AvgIpc) is 3.31. The molecule has 6 heteroatoms. The smallest absolute Gasteiger partial charge is 0.264 e. The van der Waals surface area contributed by atoms with Gasteiger partial charge in [-0.2, -0.15) is 0 Å². The first-order valence-corrected chi connectivity index (χ1v) is 10.8. The summed E-state index contributed by atoms with van der Waals surface area (Å²) in [5.74, 6) is 2.04. The van der Waals surface area contributed by atoms with Crippen LogP contribution in [0.25, 0.3) is 0 Å². The van der Waals surface area contributed by atoms with Crippen LogP contribution in [-0.4, -0.2) is 37.7 Å². The van der Waals surface area contributed by atoms with Gasteiger partial charge in [-0.3, -0.25) is 4.79 Å². The number of methoxy groups -OCH3 is 2. The highest BCUT2D eigenvalue weighted by Crippen LogP contribution is 2.42. The molecule has 0 saturated heterocycles. The Labute approximate surface area is 180 Å². The molecule has 30 heavy (non-hydrogen) atoms. The first-order chi connectivity index (χ1) is 14.6. The van der Waals surface area contributed by atoms with Crippen molar-refractivity contribution in [3.63, 3.8) is 0 Å². The molecule has 0 bridgehead atoms. The van der Waals surface area contributed by atoms with Gasteiger partial charge >= 0.3 is 0 Å². The van der Waals surface area contributed by atoms with Crippen molar-refractivity contribution in [1.29, 1.82) is 0 Å². The topological polar surface area (TPSA) is 48.0 Å². The van der Waals surface area contributed by atoms with Crippen molar-refractivity contribution in [2.45, 2.75) is 25.5 Å². The molecule has 1 amide bonds. The van der Waals surface area contributed by atoms with Gasteiger partial charge in [0.2, 0.25) is 0 Å². The highest BCUT2D eigenvalue weighted by molar-refractivity contribution is 7.10. The Morgan fingerprint density at radius 3 is 2.47 bits per heavy atom. The zero-order chi connectivity index (χ0) is 21.1. The molecule has 0 N–H and O–H groups in total. The summed E-state index contributed by atoms with van der Waals surface area (Å²) in [6.07, 6.45) is 0.165. The van der Waals surface area contributed by atoms with E-state index in [-0.39, 0.29) is 11.9 Å². The summed E-state index contributed by atoms with van der Waals surface area (Å²) in [7, 11) is 3.27. The van der Waals surface area contributed by atoms with Gasteiger partial charge in [-0.15, -0.1) is 11.3 Å². The Morgan fingerprint density at radius 2 is 1.80 bits per heavy atom. The standard InChI is InChI=1S/C24H25NO4S/c1-16(29-18-8-5-4-6-9-18)24(26)25-12-11-17-14-20(27-2)21(28-3)15-19(17)23(25)22-10-7-13-30-22/h4-10,13-16,23H,11-12H2,1-3H3. The fraction of sp³-hybridized carbons (Fsp3) is 0.292. The SMILES string of the molecule is COc1cc2c(cc1OC)C(c1cccs1)N(C(=O)C(C)Oc1ccccc1)CC2. The van der Waals surface area contributed by atoms with Crippen LogP contribution in [-0.2, 0) is 11.2 Å². The average molecular weight is 424 g/mol. The minimum absolute atomic E-state index is 0.0299. The van der Waals surface area contributed by atoms with E-state index in [1.807, 2.05) is 65.7 Å². The summed E-state index contributed by atoms with van der Waals surface area (Å²) in [4.78, 5) is 16.5. The van der Waals surface area contributed by atoms with Gasteiger partial charge < -0.3 is 19.1 Å². The molecule has 2 unspecified atom stereocenters. The van der Waals surface area contributed by atoms with Crippen LogP contribution in [0.15, 0.2) is 60.0 Å². The lowest BCUT2D eigenvalue weighted by Crippen LogP contribution is -2.46. The van der Waals surface area contributed by atoms with Gasteiger partial charge in [0, 0.05) is 11.4 Å². The van der Waals surface area contributed by atoms with E-state index < -0.39 is 6.10 Å². The third-order valence-electron chi connectivity index (χ3n) is 5.37.